The maximum absolute atomic E-state index is 14.9. The third kappa shape index (κ3) is 12.5. The quantitative estimate of drug-likeness (QED) is 0.0226. The maximum Gasteiger partial charge on any atom is 0.336 e. The fraction of sp³-hybridized carbons (Fsp3) is 0.587. The van der Waals surface area contributed by atoms with E-state index in [-0.39, 0.29) is 24.2 Å². The summed E-state index contributed by atoms with van der Waals surface area (Å²) in [5.41, 5.74) is 4.99. The molecule has 1 saturated carbocycles. The molecule has 0 heterocycles. The van der Waals surface area contributed by atoms with E-state index in [1.54, 1.807) is 26.4 Å². The van der Waals surface area contributed by atoms with Gasteiger partial charge in [0.25, 0.3) is 0 Å². The highest BCUT2D eigenvalue weighted by Gasteiger charge is 2.75. The van der Waals surface area contributed by atoms with Gasteiger partial charge in [0.1, 0.15) is 12.2 Å². The molecule has 0 aromatic heterocycles. The molecule has 10 heteroatoms. The van der Waals surface area contributed by atoms with E-state index in [1.165, 1.54) is 5.56 Å². The molecule has 2 aliphatic rings. The molecule has 2 aliphatic carbocycles. The van der Waals surface area contributed by atoms with Crippen molar-refractivity contribution in [2.45, 2.75) is 140 Å². The lowest BCUT2D eigenvalue weighted by Crippen LogP contribution is -2.51. The summed E-state index contributed by atoms with van der Waals surface area (Å²) in [6.45, 7) is 18.9. The summed E-state index contributed by atoms with van der Waals surface area (Å²) < 4.78 is 25.2. The van der Waals surface area contributed by atoms with Gasteiger partial charge in [0, 0.05) is 52.1 Å². The summed E-state index contributed by atoms with van der Waals surface area (Å²) in [5, 5.41) is 11.8. The molecule has 0 aliphatic heterocycles. The predicted molar refractivity (Wildman–Crippen MR) is 230 cm³/mol. The molecule has 0 saturated heterocycles. The van der Waals surface area contributed by atoms with Gasteiger partial charge >= 0.3 is 5.97 Å². The zero-order chi connectivity index (χ0) is 41.1. The van der Waals surface area contributed by atoms with Gasteiger partial charge in [-0.25, -0.2) is 4.79 Å². The van der Waals surface area contributed by atoms with Gasteiger partial charge in [-0.15, -0.1) is 0 Å². The number of hydroxylamine groups is 1. The first-order chi connectivity index (χ1) is 27.0. The molecule has 0 spiro atoms. The zero-order valence-corrected chi connectivity index (χ0v) is 36.6. The number of hydrogen-bond acceptors (Lipinski definition) is 9. The van der Waals surface area contributed by atoms with Crippen molar-refractivity contribution in [2.75, 3.05) is 27.9 Å². The van der Waals surface area contributed by atoms with Gasteiger partial charge in [0.2, 0.25) is 0 Å². The number of aryl methyl sites for hydroxylation is 1. The summed E-state index contributed by atoms with van der Waals surface area (Å²) in [6, 6.07) is 12.8. The Kier molecular flexibility index (Phi) is 20.2. The lowest BCUT2D eigenvalue weighted by molar-refractivity contribution is -0.162. The Labute approximate surface area is 339 Å². The number of benzene rings is 1. The molecule has 3 rings (SSSR count). The Morgan fingerprint density at radius 3 is 2.43 bits per heavy atom. The van der Waals surface area contributed by atoms with Gasteiger partial charge in [0.15, 0.2) is 13.9 Å². The van der Waals surface area contributed by atoms with E-state index < -0.39 is 38.1 Å². The standard InChI is InChI=1S/C46H72N2O7Si/c1-11-16-19-31-41(36(7)42(55-56(13-3,14-4)15-5)35(6)24-22-27-37-25-20-18-21-26-37)54-45(50)46(48(8)38-28-23-30-40(34-38)52-10)43(44(46)49)47-53-33-32-39(51-9)29-17-12-2/h11-12,16-21,24-26,28-29,36,39-44,47,49H,1-2,13-15,22-23,27,30-34H2,3-10H3/b19-16+,29-17+,35-24-/t36-,39+,40?,41+,42+,43?,44?,46?/m1/s1. The molecule has 1 aromatic carbocycles. The van der Waals surface area contributed by atoms with Crippen molar-refractivity contribution in [3.05, 3.63) is 109 Å². The second-order valence-electron chi connectivity index (χ2n) is 15.2. The highest BCUT2D eigenvalue weighted by Crippen LogP contribution is 2.47. The van der Waals surface area contributed by atoms with Crippen molar-refractivity contribution in [3.8, 4) is 0 Å². The van der Waals surface area contributed by atoms with Crippen LogP contribution in [0.1, 0.15) is 78.7 Å². The Hall–Kier alpha value is -3.09. The maximum atomic E-state index is 14.9. The SMILES string of the molecule is C=C/C=C/C[C@H](OC(=O)C1(N(C)C2=CCCC(OC)C2)C(O)C1NOCC[C@H](/C=C/C=C)OC)[C@@H](C)[C@@H](O[Si](CC)(CC)CC)/C(C)=C\CCc1ccccc1. The van der Waals surface area contributed by atoms with Crippen LogP contribution in [-0.4, -0.2) is 94.3 Å². The van der Waals surface area contributed by atoms with E-state index in [9.17, 15) is 9.90 Å². The van der Waals surface area contributed by atoms with Crippen LogP contribution in [0.2, 0.25) is 18.1 Å². The van der Waals surface area contributed by atoms with Gasteiger partial charge in [-0.2, -0.15) is 5.48 Å². The van der Waals surface area contributed by atoms with Crippen molar-refractivity contribution in [1.29, 1.82) is 0 Å². The highest BCUT2D eigenvalue weighted by molar-refractivity contribution is 6.73. The summed E-state index contributed by atoms with van der Waals surface area (Å²) in [5.74, 6) is -0.698. The third-order valence-corrected chi connectivity index (χ3v) is 16.6. The lowest BCUT2D eigenvalue weighted by atomic mass is 9.90. The van der Waals surface area contributed by atoms with Crippen LogP contribution in [0, 0.1) is 5.92 Å². The number of carbonyl (C=O) groups is 1. The van der Waals surface area contributed by atoms with Crippen molar-refractivity contribution in [1.82, 2.24) is 10.4 Å². The summed E-state index contributed by atoms with van der Waals surface area (Å²) in [4.78, 5) is 22.7. The van der Waals surface area contributed by atoms with Crippen molar-refractivity contribution in [2.24, 2.45) is 5.92 Å². The van der Waals surface area contributed by atoms with Crippen LogP contribution in [0.25, 0.3) is 0 Å². The van der Waals surface area contributed by atoms with Gasteiger partial charge < -0.3 is 33.5 Å². The Bertz CT molecular complexity index is 1470. The number of esters is 1. The van der Waals surface area contributed by atoms with Crippen LogP contribution >= 0.6 is 0 Å². The molecule has 1 aromatic rings. The molecular formula is C46H72N2O7Si. The van der Waals surface area contributed by atoms with E-state index in [1.807, 2.05) is 42.3 Å². The van der Waals surface area contributed by atoms with Crippen molar-refractivity contribution >= 4 is 14.3 Å². The fourth-order valence-electron chi connectivity index (χ4n) is 7.91. The van der Waals surface area contributed by atoms with E-state index in [0.29, 0.717) is 25.9 Å². The van der Waals surface area contributed by atoms with Gasteiger partial charge in [-0.05, 0) is 61.9 Å². The Morgan fingerprint density at radius 1 is 1.11 bits per heavy atom. The minimum atomic E-state index is -2.10. The van der Waals surface area contributed by atoms with Gasteiger partial charge in [-0.3, -0.25) is 0 Å². The molecular weight excluding hydrogens is 721 g/mol. The third-order valence-electron chi connectivity index (χ3n) is 12.0. The molecule has 0 bridgehead atoms. The fourth-order valence-corrected chi connectivity index (χ4v) is 10.8. The number of hydrogen-bond donors (Lipinski definition) is 2. The van der Waals surface area contributed by atoms with Crippen LogP contribution in [0.15, 0.2) is 103 Å². The van der Waals surface area contributed by atoms with Crippen LogP contribution in [0.3, 0.4) is 0 Å². The smallest absolute Gasteiger partial charge is 0.336 e. The number of rotatable bonds is 27. The number of carbonyl (C=O) groups excluding carboxylic acids is 1. The average Bonchev–Trinajstić information content (AvgIpc) is 3.83. The second kappa shape index (κ2) is 24.0. The van der Waals surface area contributed by atoms with Crippen molar-refractivity contribution < 1.29 is 33.4 Å². The molecule has 0 amide bonds. The van der Waals surface area contributed by atoms with Gasteiger partial charge in [-0.1, -0.05) is 120 Å². The summed E-state index contributed by atoms with van der Waals surface area (Å²) in [7, 11) is 3.13. The van der Waals surface area contributed by atoms with Crippen LogP contribution < -0.4 is 5.48 Å². The molecule has 2 N–H and O–H groups in total. The number of nitrogens with one attached hydrogen (secondary N) is 1. The van der Waals surface area contributed by atoms with Crippen molar-refractivity contribution in [3.63, 3.8) is 0 Å². The molecule has 8 atom stereocenters. The summed E-state index contributed by atoms with van der Waals surface area (Å²) >= 11 is 0. The molecule has 9 nitrogen and oxygen atoms in total. The predicted octanol–water partition coefficient (Wildman–Crippen LogP) is 8.80. The largest absolute Gasteiger partial charge is 0.460 e. The Balaban J connectivity index is 1.97. The van der Waals surface area contributed by atoms with E-state index in [0.717, 1.165) is 55.1 Å². The first-order valence-electron chi connectivity index (χ1n) is 20.7. The molecule has 1 fully saturated rings. The van der Waals surface area contributed by atoms with Crippen LogP contribution in [0.5, 0.6) is 0 Å². The molecule has 56 heavy (non-hydrogen) atoms. The number of nitrogens with zero attached hydrogens (tertiary/aromatic N) is 1. The number of aliphatic hydroxyl groups excluding tert-OH is 1. The Morgan fingerprint density at radius 2 is 1.80 bits per heavy atom. The number of allylic oxidation sites excluding steroid dienone is 6. The van der Waals surface area contributed by atoms with Gasteiger partial charge in [0.05, 0.1) is 31.0 Å². The normalized spacial score (nSPS) is 23.7. The van der Waals surface area contributed by atoms with E-state index in [4.69, 9.17) is 23.5 Å². The van der Waals surface area contributed by atoms with Crippen LogP contribution in [0.4, 0.5) is 0 Å². The number of ether oxygens (including phenoxy) is 3. The minimum absolute atomic E-state index is 0.0187. The summed E-state index contributed by atoms with van der Waals surface area (Å²) in [6.07, 6.45) is 18.6. The first-order valence-corrected chi connectivity index (χ1v) is 23.2. The minimum Gasteiger partial charge on any atom is -0.460 e. The average molecular weight is 793 g/mol. The molecule has 4 unspecified atom stereocenters. The lowest BCUT2D eigenvalue weighted by Gasteiger charge is -2.40. The molecule has 312 valence electrons. The zero-order valence-electron chi connectivity index (χ0n) is 35.6. The van der Waals surface area contributed by atoms with Crippen LogP contribution in [-0.2, 0) is 34.7 Å². The second-order valence-corrected chi connectivity index (χ2v) is 20.0. The topological polar surface area (TPSA) is 98.7 Å². The molecule has 0 radical (unpaired) electrons. The number of aliphatic hydroxyl groups is 1. The monoisotopic (exact) mass is 793 g/mol. The number of methoxy groups -OCH3 is 2. The highest BCUT2D eigenvalue weighted by atomic mass is 28.4. The van der Waals surface area contributed by atoms with E-state index >= 15 is 0 Å². The van der Waals surface area contributed by atoms with E-state index in [2.05, 4.69) is 89.7 Å². The first kappa shape index (κ1) is 47.3. The number of likely N-dealkylation sites (N-methyl/N-ethyl adjacent to an activating group) is 1.